The zero-order valence-corrected chi connectivity index (χ0v) is 8.23. The first kappa shape index (κ1) is 9.26. The van der Waals surface area contributed by atoms with Gasteiger partial charge in [-0.2, -0.15) is 0 Å². The predicted molar refractivity (Wildman–Crippen MR) is 50.0 cm³/mol. The lowest BCUT2D eigenvalue weighted by Crippen LogP contribution is -2.09. The monoisotopic (exact) mass is 260 g/mol. The minimum absolute atomic E-state index is 0.00745. The fraction of sp³-hybridized carbons (Fsp3) is 0. The zero-order valence-electron chi connectivity index (χ0n) is 6.64. The fourth-order valence-electron chi connectivity index (χ4n) is 1.13. The average molecular weight is 261 g/mol. The maximum atomic E-state index is 13.4. The maximum Gasteiger partial charge on any atom is 0.261 e. The minimum atomic E-state index is -0.936. The van der Waals surface area contributed by atoms with Crippen LogP contribution in [0.5, 0.6) is 0 Å². The zero-order chi connectivity index (χ0) is 10.3. The molecule has 6 heteroatoms. The van der Waals surface area contributed by atoms with E-state index in [-0.39, 0.29) is 15.4 Å². The summed E-state index contributed by atoms with van der Waals surface area (Å²) in [5.41, 5.74) is -0.639. The molecule has 0 radical (unpaired) electrons. The van der Waals surface area contributed by atoms with Gasteiger partial charge in [0.1, 0.15) is 11.2 Å². The average Bonchev–Trinajstić information content (AvgIpc) is 2.14. The molecule has 0 bridgehead atoms. The second-order valence-corrected chi connectivity index (χ2v) is 3.41. The van der Waals surface area contributed by atoms with Crippen molar-refractivity contribution >= 4 is 26.8 Å². The summed E-state index contributed by atoms with van der Waals surface area (Å²) >= 11 is 2.70. The molecule has 3 nitrogen and oxygen atoms in total. The Balaban J connectivity index is 3.07. The number of hydrogen-bond acceptors (Lipinski definition) is 2. The number of hydrogen-bond donors (Lipinski definition) is 1. The molecule has 0 aliphatic rings. The Morgan fingerprint density at radius 3 is 2.86 bits per heavy atom. The Morgan fingerprint density at radius 2 is 2.14 bits per heavy atom. The molecule has 0 atom stereocenters. The molecule has 2 aromatic rings. The van der Waals surface area contributed by atoms with Crippen LogP contribution in [0.25, 0.3) is 10.9 Å². The van der Waals surface area contributed by atoms with Gasteiger partial charge >= 0.3 is 0 Å². The van der Waals surface area contributed by atoms with Gasteiger partial charge in [-0.25, -0.2) is 13.8 Å². The fourth-order valence-corrected chi connectivity index (χ4v) is 1.45. The number of benzene rings is 1. The van der Waals surface area contributed by atoms with Gasteiger partial charge in [-0.3, -0.25) is 4.79 Å². The lowest BCUT2D eigenvalue weighted by molar-refractivity contribution is 0.579. The molecule has 1 heterocycles. The van der Waals surface area contributed by atoms with Crippen LogP contribution in [0.2, 0.25) is 0 Å². The third-order valence-corrected chi connectivity index (χ3v) is 2.49. The Morgan fingerprint density at radius 1 is 1.43 bits per heavy atom. The third kappa shape index (κ3) is 1.22. The molecule has 2 rings (SSSR count). The third-order valence-electron chi connectivity index (χ3n) is 1.77. The number of H-pyrrole nitrogens is 1. The molecular formula is C8H3BrF2N2O. The van der Waals surface area contributed by atoms with E-state index in [1.165, 1.54) is 0 Å². The lowest BCUT2D eigenvalue weighted by Gasteiger charge is -2.00. The van der Waals surface area contributed by atoms with Crippen molar-refractivity contribution in [2.24, 2.45) is 0 Å². The van der Waals surface area contributed by atoms with E-state index in [1.54, 1.807) is 0 Å². The second-order valence-electron chi connectivity index (χ2n) is 2.61. The predicted octanol–water partition coefficient (Wildman–Crippen LogP) is 1.96. The van der Waals surface area contributed by atoms with Crippen LogP contribution in [-0.4, -0.2) is 9.97 Å². The molecular weight excluding hydrogens is 258 g/mol. The number of fused-ring (bicyclic) bond motifs is 1. The quantitative estimate of drug-likeness (QED) is 0.737. The van der Waals surface area contributed by atoms with Crippen molar-refractivity contribution in [1.82, 2.24) is 9.97 Å². The second kappa shape index (κ2) is 3.13. The number of nitrogens with one attached hydrogen (secondary N) is 1. The van der Waals surface area contributed by atoms with Gasteiger partial charge in [0.25, 0.3) is 5.56 Å². The standard InChI is InChI=1S/C8H3BrF2N2O/c9-6-3(10)1-4-5(7(6)11)8(14)13-2-12-4/h1-2H,(H,12,13,14). The molecule has 14 heavy (non-hydrogen) atoms. The Labute approximate surface area is 84.9 Å². The van der Waals surface area contributed by atoms with E-state index in [9.17, 15) is 13.6 Å². The van der Waals surface area contributed by atoms with Crippen molar-refractivity contribution in [3.63, 3.8) is 0 Å². The Bertz CT molecular complexity index is 567. The molecule has 1 N–H and O–H groups in total. The summed E-state index contributed by atoms with van der Waals surface area (Å²) < 4.78 is 26.0. The summed E-state index contributed by atoms with van der Waals surface area (Å²) in [5, 5.41) is -0.249. The number of rotatable bonds is 0. The van der Waals surface area contributed by atoms with Gasteiger partial charge in [-0.05, 0) is 15.9 Å². The molecule has 0 amide bonds. The van der Waals surface area contributed by atoms with Crippen LogP contribution in [0, 0.1) is 11.6 Å². The van der Waals surface area contributed by atoms with E-state index < -0.39 is 17.2 Å². The lowest BCUT2D eigenvalue weighted by atomic mass is 10.2. The van der Waals surface area contributed by atoms with E-state index in [0.29, 0.717) is 0 Å². The summed E-state index contributed by atoms with van der Waals surface area (Å²) in [6, 6.07) is 0.998. The van der Waals surface area contributed by atoms with Gasteiger partial charge < -0.3 is 4.98 Å². The molecule has 1 aromatic heterocycles. The number of halogens is 3. The maximum absolute atomic E-state index is 13.4. The van der Waals surface area contributed by atoms with Crippen LogP contribution in [0.3, 0.4) is 0 Å². The largest absolute Gasteiger partial charge is 0.313 e. The van der Waals surface area contributed by atoms with Crippen molar-refractivity contribution in [3.8, 4) is 0 Å². The summed E-state index contributed by atoms with van der Waals surface area (Å²) in [7, 11) is 0. The van der Waals surface area contributed by atoms with Gasteiger partial charge in [0.15, 0.2) is 5.82 Å². The van der Waals surface area contributed by atoms with Crippen LogP contribution in [0.1, 0.15) is 0 Å². The highest BCUT2D eigenvalue weighted by molar-refractivity contribution is 9.10. The number of aromatic nitrogens is 2. The highest BCUT2D eigenvalue weighted by atomic mass is 79.9. The molecule has 72 valence electrons. The molecule has 0 saturated carbocycles. The summed E-state index contributed by atoms with van der Waals surface area (Å²) in [5.74, 6) is -1.72. The Hall–Kier alpha value is -1.30. The highest BCUT2D eigenvalue weighted by Crippen LogP contribution is 2.24. The summed E-state index contributed by atoms with van der Waals surface area (Å²) in [4.78, 5) is 17.0. The van der Waals surface area contributed by atoms with Gasteiger partial charge in [0.05, 0.1) is 16.3 Å². The molecule has 1 aromatic carbocycles. The van der Waals surface area contributed by atoms with Crippen molar-refractivity contribution < 1.29 is 8.78 Å². The van der Waals surface area contributed by atoms with Crippen LogP contribution in [0.15, 0.2) is 21.7 Å². The van der Waals surface area contributed by atoms with Gasteiger partial charge in [-0.15, -0.1) is 0 Å². The highest BCUT2D eigenvalue weighted by Gasteiger charge is 2.14. The topological polar surface area (TPSA) is 45.8 Å². The van der Waals surface area contributed by atoms with E-state index in [0.717, 1.165) is 12.4 Å². The van der Waals surface area contributed by atoms with E-state index >= 15 is 0 Å². The first-order valence-electron chi connectivity index (χ1n) is 3.62. The minimum Gasteiger partial charge on any atom is -0.313 e. The number of nitrogens with zero attached hydrogens (tertiary/aromatic N) is 1. The first-order valence-corrected chi connectivity index (χ1v) is 4.41. The molecule has 0 saturated heterocycles. The van der Waals surface area contributed by atoms with Crippen molar-refractivity contribution in [1.29, 1.82) is 0 Å². The van der Waals surface area contributed by atoms with Crippen LogP contribution in [0.4, 0.5) is 8.78 Å². The molecule has 0 spiro atoms. The van der Waals surface area contributed by atoms with E-state index in [2.05, 4.69) is 25.9 Å². The van der Waals surface area contributed by atoms with E-state index in [1.807, 2.05) is 0 Å². The first-order chi connectivity index (χ1) is 6.61. The normalized spacial score (nSPS) is 10.8. The van der Waals surface area contributed by atoms with Gasteiger partial charge in [-0.1, -0.05) is 0 Å². The summed E-state index contributed by atoms with van der Waals surface area (Å²) in [6.45, 7) is 0. The summed E-state index contributed by atoms with van der Waals surface area (Å²) in [6.07, 6.45) is 1.09. The van der Waals surface area contributed by atoms with E-state index in [4.69, 9.17) is 0 Å². The smallest absolute Gasteiger partial charge is 0.261 e. The Kier molecular flexibility index (Phi) is 2.07. The van der Waals surface area contributed by atoms with Crippen molar-refractivity contribution in [2.45, 2.75) is 0 Å². The molecule has 0 aliphatic heterocycles. The van der Waals surface area contributed by atoms with Crippen LogP contribution in [-0.2, 0) is 0 Å². The van der Waals surface area contributed by atoms with Gasteiger partial charge in [0.2, 0.25) is 0 Å². The van der Waals surface area contributed by atoms with Gasteiger partial charge in [0, 0.05) is 6.07 Å². The van der Waals surface area contributed by atoms with Crippen molar-refractivity contribution in [3.05, 3.63) is 38.9 Å². The van der Waals surface area contributed by atoms with Crippen molar-refractivity contribution in [2.75, 3.05) is 0 Å². The molecule has 0 fully saturated rings. The molecule has 0 unspecified atom stereocenters. The van der Waals surface area contributed by atoms with Crippen LogP contribution < -0.4 is 5.56 Å². The molecule has 0 aliphatic carbocycles. The van der Waals surface area contributed by atoms with Crippen LogP contribution >= 0.6 is 15.9 Å². The SMILES string of the molecule is O=c1[nH]cnc2cc(F)c(Br)c(F)c12. The number of aromatic amines is 1.